The topological polar surface area (TPSA) is 39.5 Å². The van der Waals surface area contributed by atoms with Crippen LogP contribution in [-0.4, -0.2) is 49.8 Å². The largest absolute Gasteiger partial charge is 0.373 e. The second-order valence-corrected chi connectivity index (χ2v) is 7.51. The Bertz CT molecular complexity index is 612. The van der Waals surface area contributed by atoms with E-state index < -0.39 is 0 Å². The molecule has 4 nitrogen and oxygen atoms in total. The Morgan fingerprint density at radius 2 is 1.88 bits per heavy atom. The number of halogens is 1. The first-order valence-corrected chi connectivity index (χ1v) is 9.37. The maximum absolute atomic E-state index is 14.2. The third-order valence-corrected chi connectivity index (χ3v) is 5.38. The van der Waals surface area contributed by atoms with Crippen molar-refractivity contribution in [2.75, 3.05) is 37.6 Å². The molecule has 136 valence electrons. The summed E-state index contributed by atoms with van der Waals surface area (Å²) in [4.78, 5) is 4.64. The van der Waals surface area contributed by atoms with Crippen molar-refractivity contribution in [3.05, 3.63) is 29.6 Å². The van der Waals surface area contributed by atoms with Crippen LogP contribution in [-0.2, 0) is 4.74 Å². The summed E-state index contributed by atoms with van der Waals surface area (Å²) < 4.78 is 20.0. The van der Waals surface area contributed by atoms with Gasteiger partial charge in [-0.05, 0) is 63.8 Å². The van der Waals surface area contributed by atoms with Crippen LogP contribution in [0.25, 0.3) is 0 Å². The highest BCUT2D eigenvalue weighted by Crippen LogP contribution is 2.28. The van der Waals surface area contributed by atoms with Gasteiger partial charge in [0.1, 0.15) is 5.82 Å². The van der Waals surface area contributed by atoms with Crippen molar-refractivity contribution in [2.24, 2.45) is 5.92 Å². The Kier molecular flexibility index (Phi) is 5.93. The smallest absolute Gasteiger partial charge is 0.147 e. The Labute approximate surface area is 150 Å². The van der Waals surface area contributed by atoms with Gasteiger partial charge in [0.25, 0.3) is 0 Å². The number of benzene rings is 1. The molecule has 0 N–H and O–H groups in total. The lowest BCUT2D eigenvalue weighted by Crippen LogP contribution is -2.46. The van der Waals surface area contributed by atoms with E-state index in [-0.39, 0.29) is 5.82 Å². The van der Waals surface area contributed by atoms with E-state index in [0.29, 0.717) is 29.4 Å². The number of hydrogen-bond acceptors (Lipinski definition) is 4. The lowest BCUT2D eigenvalue weighted by Gasteiger charge is -2.37. The zero-order chi connectivity index (χ0) is 17.8. The lowest BCUT2D eigenvalue weighted by molar-refractivity contribution is -0.0690. The summed E-state index contributed by atoms with van der Waals surface area (Å²) in [6.45, 7) is 9.26. The number of nitriles is 1. The van der Waals surface area contributed by atoms with E-state index >= 15 is 0 Å². The highest BCUT2D eigenvalue weighted by molar-refractivity contribution is 5.51. The average molecular weight is 345 g/mol. The molecule has 0 aromatic heterocycles. The molecule has 1 aromatic carbocycles. The highest BCUT2D eigenvalue weighted by atomic mass is 19.1. The van der Waals surface area contributed by atoms with Crippen molar-refractivity contribution in [1.82, 2.24) is 4.90 Å². The molecule has 0 saturated carbocycles. The molecule has 0 radical (unpaired) electrons. The van der Waals surface area contributed by atoms with E-state index in [0.717, 1.165) is 45.6 Å². The number of nitrogens with zero attached hydrogens (tertiary/aromatic N) is 3. The quantitative estimate of drug-likeness (QED) is 0.838. The van der Waals surface area contributed by atoms with E-state index in [1.807, 2.05) is 6.07 Å². The summed E-state index contributed by atoms with van der Waals surface area (Å²) >= 11 is 0. The number of piperidine rings is 1. The molecule has 2 saturated heterocycles. The molecule has 2 heterocycles. The zero-order valence-corrected chi connectivity index (χ0v) is 15.2. The van der Waals surface area contributed by atoms with Gasteiger partial charge in [0.05, 0.1) is 29.5 Å². The first kappa shape index (κ1) is 18.2. The first-order valence-electron chi connectivity index (χ1n) is 9.37. The minimum Gasteiger partial charge on any atom is -0.373 e. The number of hydrogen-bond donors (Lipinski definition) is 0. The molecule has 0 bridgehead atoms. The molecular formula is C20H28FN3O. The van der Waals surface area contributed by atoms with Crippen LogP contribution in [0.15, 0.2) is 18.2 Å². The van der Waals surface area contributed by atoms with Crippen LogP contribution in [0.1, 0.15) is 38.7 Å². The predicted molar refractivity (Wildman–Crippen MR) is 97.1 cm³/mol. The Morgan fingerprint density at radius 1 is 1.20 bits per heavy atom. The summed E-state index contributed by atoms with van der Waals surface area (Å²) in [5.74, 6) is 0.431. The Hall–Kier alpha value is -1.64. The van der Waals surface area contributed by atoms with Crippen LogP contribution in [0, 0.1) is 23.1 Å². The van der Waals surface area contributed by atoms with Crippen LogP contribution >= 0.6 is 0 Å². The molecule has 0 spiro atoms. The third-order valence-electron chi connectivity index (χ3n) is 5.38. The fourth-order valence-corrected chi connectivity index (χ4v) is 4.13. The van der Waals surface area contributed by atoms with Gasteiger partial charge in [-0.1, -0.05) is 0 Å². The fraction of sp³-hybridized carbons (Fsp3) is 0.650. The Balaban J connectivity index is 1.47. The maximum atomic E-state index is 14.2. The van der Waals surface area contributed by atoms with Crippen molar-refractivity contribution >= 4 is 5.69 Å². The van der Waals surface area contributed by atoms with Crippen LogP contribution in [0.3, 0.4) is 0 Å². The van der Waals surface area contributed by atoms with Crippen LogP contribution in [0.5, 0.6) is 0 Å². The summed E-state index contributed by atoms with van der Waals surface area (Å²) in [5.41, 5.74) is 1.01. The molecule has 0 amide bonds. The normalized spacial score (nSPS) is 25.8. The average Bonchev–Trinajstić information content (AvgIpc) is 2.59. The molecule has 2 fully saturated rings. The van der Waals surface area contributed by atoms with Crippen molar-refractivity contribution in [1.29, 1.82) is 5.26 Å². The van der Waals surface area contributed by atoms with E-state index in [2.05, 4.69) is 23.6 Å². The van der Waals surface area contributed by atoms with E-state index in [4.69, 9.17) is 10.00 Å². The van der Waals surface area contributed by atoms with Gasteiger partial charge in [-0.3, -0.25) is 4.90 Å². The number of anilines is 1. The zero-order valence-electron chi connectivity index (χ0n) is 15.2. The molecule has 2 atom stereocenters. The van der Waals surface area contributed by atoms with E-state index in [9.17, 15) is 4.39 Å². The van der Waals surface area contributed by atoms with Crippen molar-refractivity contribution in [3.63, 3.8) is 0 Å². The number of rotatable bonds is 4. The first-order chi connectivity index (χ1) is 12.0. The highest BCUT2D eigenvalue weighted by Gasteiger charge is 2.25. The molecule has 2 aliphatic rings. The van der Waals surface area contributed by atoms with Gasteiger partial charge in [0.15, 0.2) is 0 Å². The number of morpholine rings is 1. The summed E-state index contributed by atoms with van der Waals surface area (Å²) in [6.07, 6.45) is 4.07. The van der Waals surface area contributed by atoms with Crippen molar-refractivity contribution < 1.29 is 9.13 Å². The van der Waals surface area contributed by atoms with Gasteiger partial charge in [-0.15, -0.1) is 0 Å². The van der Waals surface area contributed by atoms with E-state index in [1.165, 1.54) is 12.5 Å². The van der Waals surface area contributed by atoms with Crippen LogP contribution in [0.2, 0.25) is 0 Å². The Morgan fingerprint density at radius 3 is 2.48 bits per heavy atom. The molecule has 3 rings (SSSR count). The maximum Gasteiger partial charge on any atom is 0.147 e. The number of ether oxygens (including phenoxy) is 1. The summed E-state index contributed by atoms with van der Waals surface area (Å²) in [7, 11) is 0. The second-order valence-electron chi connectivity index (χ2n) is 7.51. The monoisotopic (exact) mass is 345 g/mol. The second kappa shape index (κ2) is 8.16. The SMILES string of the molecule is CC1CN(CCC2CCN(c3ccc(C#N)cc3F)CC2)CC(C)O1. The molecule has 2 aliphatic heterocycles. The van der Waals surface area contributed by atoms with Crippen LogP contribution in [0.4, 0.5) is 10.1 Å². The fourth-order valence-electron chi connectivity index (χ4n) is 4.13. The van der Waals surface area contributed by atoms with Gasteiger partial charge in [0.2, 0.25) is 0 Å². The lowest BCUT2D eigenvalue weighted by atomic mass is 9.92. The van der Waals surface area contributed by atoms with Gasteiger partial charge in [-0.25, -0.2) is 4.39 Å². The molecule has 1 aromatic rings. The van der Waals surface area contributed by atoms with Gasteiger partial charge in [-0.2, -0.15) is 5.26 Å². The van der Waals surface area contributed by atoms with E-state index in [1.54, 1.807) is 12.1 Å². The summed E-state index contributed by atoms with van der Waals surface area (Å²) in [6, 6.07) is 6.76. The molecule has 2 unspecified atom stereocenters. The van der Waals surface area contributed by atoms with Gasteiger partial charge < -0.3 is 9.64 Å². The standard InChI is InChI=1S/C20H28FN3O/c1-15-13-23(14-16(2)25-15)8-5-17-6-9-24(10-7-17)20-4-3-18(12-22)11-19(20)21/h3-4,11,15-17H,5-10,13-14H2,1-2H3. The van der Waals surface area contributed by atoms with Crippen molar-refractivity contribution in [2.45, 2.75) is 45.3 Å². The molecule has 0 aliphatic carbocycles. The molecule has 5 heteroatoms. The molecule has 25 heavy (non-hydrogen) atoms. The predicted octanol–water partition coefficient (Wildman–Crippen LogP) is 3.41. The minimum atomic E-state index is -0.284. The molecular weight excluding hydrogens is 317 g/mol. The minimum absolute atomic E-state index is 0.284. The third kappa shape index (κ3) is 4.71. The van der Waals surface area contributed by atoms with Gasteiger partial charge in [0, 0.05) is 26.2 Å². The summed E-state index contributed by atoms with van der Waals surface area (Å²) in [5, 5.41) is 8.86. The van der Waals surface area contributed by atoms with Gasteiger partial charge >= 0.3 is 0 Å². The van der Waals surface area contributed by atoms with Crippen LogP contribution < -0.4 is 4.90 Å². The van der Waals surface area contributed by atoms with Crippen molar-refractivity contribution in [3.8, 4) is 6.07 Å².